The molecule has 2 fully saturated rings. The van der Waals surface area contributed by atoms with Gasteiger partial charge in [0.25, 0.3) is 0 Å². The van der Waals surface area contributed by atoms with Gasteiger partial charge in [0.05, 0.1) is 18.6 Å². The minimum atomic E-state index is -0.993. The Morgan fingerprint density at radius 3 is 2.96 bits per heavy atom. The van der Waals surface area contributed by atoms with Crippen molar-refractivity contribution >= 4 is 17.6 Å². The first-order chi connectivity index (χ1) is 11.1. The lowest BCUT2D eigenvalue weighted by Gasteiger charge is -2.21. The molecule has 4 atom stereocenters. The van der Waals surface area contributed by atoms with Gasteiger partial charge in [-0.3, -0.25) is 9.59 Å². The van der Waals surface area contributed by atoms with E-state index in [1.54, 1.807) is 29.2 Å². The number of amides is 1. The molecular formula is C16H13NO6. The van der Waals surface area contributed by atoms with E-state index in [0.29, 0.717) is 23.7 Å². The molecule has 0 aliphatic carbocycles. The first kappa shape index (κ1) is 13.0. The molecule has 0 aromatic heterocycles. The molecule has 7 nitrogen and oxygen atoms in total. The van der Waals surface area contributed by atoms with Crippen LogP contribution in [0.25, 0.3) is 0 Å². The monoisotopic (exact) mass is 315 g/mol. The van der Waals surface area contributed by atoms with Crippen LogP contribution in [0.4, 0.5) is 5.69 Å². The summed E-state index contributed by atoms with van der Waals surface area (Å²) in [6.45, 7) is 0.473. The summed E-state index contributed by atoms with van der Waals surface area (Å²) in [6.07, 6.45) is 3.08. The van der Waals surface area contributed by atoms with Gasteiger partial charge in [-0.05, 0) is 12.1 Å². The van der Waals surface area contributed by atoms with Gasteiger partial charge in [0.2, 0.25) is 12.7 Å². The molecule has 5 rings (SSSR count). The molecule has 1 aromatic rings. The Labute approximate surface area is 131 Å². The lowest BCUT2D eigenvalue weighted by molar-refractivity contribution is -0.146. The summed E-state index contributed by atoms with van der Waals surface area (Å²) >= 11 is 0. The predicted octanol–water partition coefficient (Wildman–Crippen LogP) is 0.786. The summed E-state index contributed by atoms with van der Waals surface area (Å²) in [4.78, 5) is 26.0. The average Bonchev–Trinajstić information content (AvgIpc) is 3.26. The number of carbonyl (C=O) groups is 2. The topological polar surface area (TPSA) is 85.3 Å². The maximum absolute atomic E-state index is 12.9. The standard InChI is InChI=1S/C16H13NO6/c18-14-13-12(15(19)20)10-3-4-16(13,23-10)6-17(14)8-1-2-9-11(5-8)22-7-21-9/h1-5,10,12-13H,6-7H2,(H,19,20). The summed E-state index contributed by atoms with van der Waals surface area (Å²) in [6, 6.07) is 5.26. The summed E-state index contributed by atoms with van der Waals surface area (Å²) in [5.74, 6) is -1.50. The zero-order chi connectivity index (χ0) is 15.8. The lowest BCUT2D eigenvalue weighted by atomic mass is 9.77. The molecule has 118 valence electrons. The fourth-order valence-corrected chi connectivity index (χ4v) is 4.05. The van der Waals surface area contributed by atoms with E-state index in [1.807, 2.05) is 6.08 Å². The van der Waals surface area contributed by atoms with E-state index >= 15 is 0 Å². The van der Waals surface area contributed by atoms with Crippen LogP contribution in [0.5, 0.6) is 11.5 Å². The SMILES string of the molecule is O=C(O)C1C2C=CC3(CN(c4ccc5c(c4)OCO5)C(=O)C13)O2. The van der Waals surface area contributed by atoms with Crippen molar-refractivity contribution in [2.45, 2.75) is 11.7 Å². The molecule has 7 heteroatoms. The van der Waals surface area contributed by atoms with Crippen LogP contribution in [0, 0.1) is 11.8 Å². The van der Waals surface area contributed by atoms with Gasteiger partial charge in [-0.25, -0.2) is 0 Å². The quantitative estimate of drug-likeness (QED) is 0.812. The maximum atomic E-state index is 12.9. The number of benzene rings is 1. The number of hydrogen-bond donors (Lipinski definition) is 1. The molecule has 4 unspecified atom stereocenters. The molecule has 1 amide bonds. The number of carbonyl (C=O) groups excluding carboxylic acids is 1. The third-order valence-electron chi connectivity index (χ3n) is 5.05. The number of carboxylic acid groups (broad SMARTS) is 1. The molecule has 1 N–H and O–H groups in total. The molecule has 4 heterocycles. The van der Waals surface area contributed by atoms with Gasteiger partial charge in [0.1, 0.15) is 11.5 Å². The minimum Gasteiger partial charge on any atom is -0.481 e. The largest absolute Gasteiger partial charge is 0.481 e. The Morgan fingerprint density at radius 1 is 1.30 bits per heavy atom. The number of anilines is 1. The van der Waals surface area contributed by atoms with Crippen molar-refractivity contribution in [1.29, 1.82) is 0 Å². The van der Waals surface area contributed by atoms with Crippen LogP contribution < -0.4 is 14.4 Å². The van der Waals surface area contributed by atoms with Gasteiger partial charge < -0.3 is 24.2 Å². The molecule has 1 spiro atoms. The van der Waals surface area contributed by atoms with Crippen molar-refractivity contribution in [3.05, 3.63) is 30.4 Å². The van der Waals surface area contributed by atoms with E-state index in [-0.39, 0.29) is 12.7 Å². The Kier molecular flexibility index (Phi) is 2.28. The normalized spacial score (nSPS) is 35.9. The van der Waals surface area contributed by atoms with Crippen LogP contribution in [0.3, 0.4) is 0 Å². The van der Waals surface area contributed by atoms with Crippen molar-refractivity contribution in [2.75, 3.05) is 18.2 Å². The van der Waals surface area contributed by atoms with E-state index < -0.39 is 29.5 Å². The van der Waals surface area contributed by atoms with E-state index in [0.717, 1.165) is 0 Å². The van der Waals surface area contributed by atoms with E-state index in [1.165, 1.54) is 0 Å². The minimum absolute atomic E-state index is 0.161. The highest BCUT2D eigenvalue weighted by Gasteiger charge is 2.67. The molecule has 4 aliphatic rings. The Balaban J connectivity index is 1.54. The summed E-state index contributed by atoms with van der Waals surface area (Å²) in [5, 5.41) is 9.46. The molecule has 0 radical (unpaired) electrons. The van der Waals surface area contributed by atoms with Crippen LogP contribution >= 0.6 is 0 Å². The first-order valence-corrected chi connectivity index (χ1v) is 7.40. The molecule has 2 saturated heterocycles. The zero-order valence-corrected chi connectivity index (χ0v) is 12.0. The highest BCUT2D eigenvalue weighted by molar-refractivity contribution is 6.02. The molecule has 0 saturated carbocycles. The lowest BCUT2D eigenvalue weighted by Crippen LogP contribution is -2.39. The summed E-state index contributed by atoms with van der Waals surface area (Å²) in [5.41, 5.74) is -0.172. The third-order valence-corrected chi connectivity index (χ3v) is 5.05. The molecule has 4 aliphatic heterocycles. The average molecular weight is 315 g/mol. The van der Waals surface area contributed by atoms with Gasteiger partial charge >= 0.3 is 5.97 Å². The molecule has 23 heavy (non-hydrogen) atoms. The fourth-order valence-electron chi connectivity index (χ4n) is 4.05. The second kappa shape index (κ2) is 4.05. The number of ether oxygens (including phenoxy) is 3. The van der Waals surface area contributed by atoms with Crippen LogP contribution in [-0.2, 0) is 14.3 Å². The molecule has 2 bridgehead atoms. The van der Waals surface area contributed by atoms with Gasteiger partial charge in [-0.2, -0.15) is 0 Å². The van der Waals surface area contributed by atoms with E-state index in [9.17, 15) is 14.7 Å². The van der Waals surface area contributed by atoms with Crippen molar-refractivity contribution in [1.82, 2.24) is 0 Å². The van der Waals surface area contributed by atoms with Gasteiger partial charge in [-0.1, -0.05) is 12.2 Å². The fraction of sp³-hybridized carbons (Fsp3) is 0.375. The number of nitrogens with zero attached hydrogens (tertiary/aromatic N) is 1. The van der Waals surface area contributed by atoms with Crippen molar-refractivity contribution < 1.29 is 28.9 Å². The summed E-state index contributed by atoms with van der Waals surface area (Å²) < 4.78 is 16.5. The highest BCUT2D eigenvalue weighted by atomic mass is 16.7. The molecule has 1 aromatic carbocycles. The number of carboxylic acids is 1. The van der Waals surface area contributed by atoms with Crippen LogP contribution in [-0.4, -0.2) is 42.0 Å². The van der Waals surface area contributed by atoms with Gasteiger partial charge in [0.15, 0.2) is 11.5 Å². The van der Waals surface area contributed by atoms with Crippen molar-refractivity contribution in [2.24, 2.45) is 11.8 Å². The summed E-state index contributed by atoms with van der Waals surface area (Å²) in [7, 11) is 0. The van der Waals surface area contributed by atoms with Crippen molar-refractivity contribution in [3.8, 4) is 11.5 Å². The number of aliphatic carboxylic acids is 1. The Morgan fingerprint density at radius 2 is 2.13 bits per heavy atom. The maximum Gasteiger partial charge on any atom is 0.310 e. The number of fused-ring (bicyclic) bond motifs is 2. The molecular weight excluding hydrogens is 302 g/mol. The number of hydrogen-bond acceptors (Lipinski definition) is 5. The first-order valence-electron chi connectivity index (χ1n) is 7.40. The highest BCUT2D eigenvalue weighted by Crippen LogP contribution is 2.53. The third kappa shape index (κ3) is 1.52. The van der Waals surface area contributed by atoms with Gasteiger partial charge in [0, 0.05) is 11.8 Å². The second-order valence-corrected chi connectivity index (χ2v) is 6.20. The smallest absolute Gasteiger partial charge is 0.310 e. The zero-order valence-electron chi connectivity index (χ0n) is 12.0. The van der Waals surface area contributed by atoms with Gasteiger partial charge in [-0.15, -0.1) is 0 Å². The van der Waals surface area contributed by atoms with E-state index in [4.69, 9.17) is 14.2 Å². The van der Waals surface area contributed by atoms with Crippen LogP contribution in [0.1, 0.15) is 0 Å². The number of rotatable bonds is 2. The second-order valence-electron chi connectivity index (χ2n) is 6.20. The Bertz CT molecular complexity index is 774. The van der Waals surface area contributed by atoms with Crippen LogP contribution in [0.2, 0.25) is 0 Å². The predicted molar refractivity (Wildman–Crippen MR) is 76.3 cm³/mol. The van der Waals surface area contributed by atoms with Crippen molar-refractivity contribution in [3.63, 3.8) is 0 Å². The van der Waals surface area contributed by atoms with Crippen LogP contribution in [0.15, 0.2) is 30.4 Å². The van der Waals surface area contributed by atoms with E-state index in [2.05, 4.69) is 0 Å². The Hall–Kier alpha value is -2.54.